The number of carbonyl (C=O) groups is 2. The van der Waals surface area contributed by atoms with Crippen molar-refractivity contribution in [2.75, 3.05) is 36.0 Å². The molecule has 2 fully saturated rings. The normalized spacial score (nSPS) is 18.5. The Morgan fingerprint density at radius 3 is 2.69 bits per heavy atom. The predicted molar refractivity (Wildman–Crippen MR) is 127 cm³/mol. The van der Waals surface area contributed by atoms with Crippen molar-refractivity contribution in [3.05, 3.63) is 53.8 Å². The van der Waals surface area contributed by atoms with Crippen molar-refractivity contribution < 1.29 is 9.59 Å². The smallest absolute Gasteiger partial charge is 0.227 e. The fraction of sp³-hybridized carbons (Fsp3) is 0.375. The van der Waals surface area contributed by atoms with E-state index in [2.05, 4.69) is 32.3 Å². The number of nitrogens with one attached hydrogen (secondary N) is 2. The van der Waals surface area contributed by atoms with E-state index in [0.29, 0.717) is 19.5 Å². The first-order valence-corrected chi connectivity index (χ1v) is 12.1. The van der Waals surface area contributed by atoms with E-state index in [0.717, 1.165) is 35.0 Å². The molecule has 4 heterocycles. The molecular weight excluding hydrogens is 422 g/mol. The lowest BCUT2D eigenvalue weighted by Gasteiger charge is -2.20. The van der Waals surface area contributed by atoms with E-state index in [4.69, 9.17) is 0 Å². The summed E-state index contributed by atoms with van der Waals surface area (Å²) in [4.78, 5) is 38.1. The van der Waals surface area contributed by atoms with Crippen LogP contribution in [0.3, 0.4) is 0 Å². The van der Waals surface area contributed by atoms with Gasteiger partial charge in [-0.1, -0.05) is 6.07 Å². The second-order valence-corrected chi connectivity index (χ2v) is 9.31. The summed E-state index contributed by atoms with van der Waals surface area (Å²) in [6.45, 7) is 3.13. The molecule has 2 aliphatic rings. The Hall–Kier alpha value is -3.13. The van der Waals surface area contributed by atoms with Gasteiger partial charge in [-0.15, -0.1) is 11.3 Å². The topological polar surface area (TPSA) is 81.3 Å². The predicted octanol–water partition coefficient (Wildman–Crippen LogP) is 3.45. The molecule has 1 atom stereocenters. The molecular formula is C24H27N5O2S. The molecule has 0 aliphatic carbocycles. The maximum atomic E-state index is 12.7. The van der Waals surface area contributed by atoms with Crippen molar-refractivity contribution in [2.24, 2.45) is 5.92 Å². The molecule has 1 unspecified atom stereocenters. The molecule has 2 amide bonds. The minimum absolute atomic E-state index is 0.00706. The Balaban J connectivity index is 1.15. The summed E-state index contributed by atoms with van der Waals surface area (Å²) in [5, 5.41) is 5.03. The minimum Gasteiger partial charge on any atom is -0.372 e. The first-order chi connectivity index (χ1) is 15.7. The number of hydrogen-bond acceptors (Lipinski definition) is 5. The Kier molecular flexibility index (Phi) is 5.94. The quantitative estimate of drug-likeness (QED) is 0.579. The maximum Gasteiger partial charge on any atom is 0.227 e. The molecule has 0 bridgehead atoms. The molecule has 3 aromatic rings. The Bertz CT molecular complexity index is 1070. The van der Waals surface area contributed by atoms with Crippen LogP contribution >= 0.6 is 11.3 Å². The average molecular weight is 450 g/mol. The van der Waals surface area contributed by atoms with Crippen LogP contribution in [0.5, 0.6) is 0 Å². The highest BCUT2D eigenvalue weighted by Gasteiger charge is 2.35. The van der Waals surface area contributed by atoms with Gasteiger partial charge in [-0.25, -0.2) is 4.98 Å². The van der Waals surface area contributed by atoms with Gasteiger partial charge in [0.2, 0.25) is 11.8 Å². The van der Waals surface area contributed by atoms with Crippen LogP contribution in [-0.4, -0.2) is 48.0 Å². The highest BCUT2D eigenvalue weighted by molar-refractivity contribution is 7.13. The lowest BCUT2D eigenvalue weighted by molar-refractivity contribution is -0.126. The highest BCUT2D eigenvalue weighted by atomic mass is 32.1. The number of amides is 2. The van der Waals surface area contributed by atoms with Crippen molar-refractivity contribution >= 4 is 34.5 Å². The summed E-state index contributed by atoms with van der Waals surface area (Å²) in [5.41, 5.74) is 4.02. The molecule has 7 nitrogen and oxygen atoms in total. The van der Waals surface area contributed by atoms with Crippen LogP contribution < -0.4 is 15.1 Å². The van der Waals surface area contributed by atoms with Crippen molar-refractivity contribution in [1.29, 1.82) is 0 Å². The van der Waals surface area contributed by atoms with Gasteiger partial charge >= 0.3 is 0 Å². The van der Waals surface area contributed by atoms with Crippen LogP contribution in [-0.2, 0) is 16.0 Å². The summed E-state index contributed by atoms with van der Waals surface area (Å²) < 4.78 is 0. The number of aromatic nitrogens is 2. The lowest BCUT2D eigenvalue weighted by Crippen LogP contribution is -2.34. The molecule has 32 heavy (non-hydrogen) atoms. The zero-order chi connectivity index (χ0) is 21.9. The fourth-order valence-corrected chi connectivity index (χ4v) is 5.29. The van der Waals surface area contributed by atoms with Crippen LogP contribution in [0.4, 0.5) is 11.4 Å². The standard InChI is InChI=1S/C24H27N5O2S/c30-22-14-17(15-29(22)19-7-5-18(6-8-19)28-11-1-2-12-28)24(31)25-10-9-20-23(27-16-26-20)21-4-3-13-32-21/h3-8,13,16-17H,1-2,9-12,14-15H2,(H,25,31)(H,26,27). The van der Waals surface area contributed by atoms with E-state index in [1.165, 1.54) is 18.5 Å². The molecule has 2 aliphatic heterocycles. The van der Waals surface area contributed by atoms with Gasteiger partial charge in [-0.2, -0.15) is 0 Å². The fourth-order valence-electron chi connectivity index (χ4n) is 4.54. The highest BCUT2D eigenvalue weighted by Crippen LogP contribution is 2.29. The number of rotatable bonds is 7. The summed E-state index contributed by atoms with van der Waals surface area (Å²) in [5.74, 6) is -0.376. The number of thiophene rings is 1. The van der Waals surface area contributed by atoms with Crippen LogP contribution in [0.1, 0.15) is 25.0 Å². The number of benzene rings is 1. The van der Waals surface area contributed by atoms with E-state index in [1.807, 2.05) is 29.6 Å². The molecule has 5 rings (SSSR count). The van der Waals surface area contributed by atoms with Gasteiger partial charge in [0.25, 0.3) is 0 Å². The zero-order valence-electron chi connectivity index (χ0n) is 17.9. The molecule has 0 radical (unpaired) electrons. The molecule has 2 N–H and O–H groups in total. The largest absolute Gasteiger partial charge is 0.372 e. The van der Waals surface area contributed by atoms with Crippen LogP contribution in [0, 0.1) is 5.92 Å². The second kappa shape index (κ2) is 9.16. The first-order valence-electron chi connectivity index (χ1n) is 11.2. The molecule has 166 valence electrons. The van der Waals surface area contributed by atoms with E-state index in [-0.39, 0.29) is 24.2 Å². The third-order valence-electron chi connectivity index (χ3n) is 6.28. The molecule has 2 aromatic heterocycles. The molecule has 1 aromatic carbocycles. The van der Waals surface area contributed by atoms with Crippen LogP contribution in [0.25, 0.3) is 10.6 Å². The summed E-state index contributed by atoms with van der Waals surface area (Å²) >= 11 is 1.65. The number of nitrogens with zero attached hydrogens (tertiary/aromatic N) is 3. The van der Waals surface area contributed by atoms with Gasteiger partial charge in [0.05, 0.1) is 17.1 Å². The Morgan fingerprint density at radius 2 is 1.94 bits per heavy atom. The number of H-pyrrole nitrogens is 1. The van der Waals surface area contributed by atoms with Gasteiger partial charge in [-0.3, -0.25) is 9.59 Å². The van der Waals surface area contributed by atoms with Crippen molar-refractivity contribution in [3.63, 3.8) is 0 Å². The van der Waals surface area contributed by atoms with Gasteiger partial charge in [-0.05, 0) is 48.6 Å². The Labute approximate surface area is 191 Å². The summed E-state index contributed by atoms with van der Waals surface area (Å²) in [7, 11) is 0. The number of anilines is 2. The number of hydrogen-bond donors (Lipinski definition) is 2. The monoisotopic (exact) mass is 449 g/mol. The minimum atomic E-state index is -0.320. The van der Waals surface area contributed by atoms with Crippen molar-refractivity contribution in [2.45, 2.75) is 25.7 Å². The third kappa shape index (κ3) is 4.27. The Morgan fingerprint density at radius 1 is 1.16 bits per heavy atom. The molecule has 0 spiro atoms. The average Bonchev–Trinajstić information content (AvgIpc) is 3.61. The number of imidazole rings is 1. The van der Waals surface area contributed by atoms with Gasteiger partial charge in [0.1, 0.15) is 5.69 Å². The SMILES string of the molecule is O=C(NCCc1[nH]cnc1-c1cccs1)C1CC(=O)N(c2ccc(N3CCCC3)cc2)C1. The van der Waals surface area contributed by atoms with E-state index in [9.17, 15) is 9.59 Å². The van der Waals surface area contributed by atoms with E-state index < -0.39 is 0 Å². The number of carbonyl (C=O) groups excluding carboxylic acids is 2. The van der Waals surface area contributed by atoms with Gasteiger partial charge in [0, 0.05) is 56.1 Å². The lowest BCUT2D eigenvalue weighted by atomic mass is 10.1. The number of aromatic amines is 1. The molecule has 8 heteroatoms. The zero-order valence-corrected chi connectivity index (χ0v) is 18.7. The summed E-state index contributed by atoms with van der Waals surface area (Å²) in [6.07, 6.45) is 5.08. The molecule has 2 saturated heterocycles. The molecule has 0 saturated carbocycles. The van der Waals surface area contributed by atoms with Gasteiger partial charge < -0.3 is 20.1 Å². The van der Waals surface area contributed by atoms with Crippen molar-refractivity contribution in [3.8, 4) is 10.6 Å². The van der Waals surface area contributed by atoms with Gasteiger partial charge in [0.15, 0.2) is 0 Å². The van der Waals surface area contributed by atoms with Crippen LogP contribution in [0.2, 0.25) is 0 Å². The second-order valence-electron chi connectivity index (χ2n) is 8.36. The first kappa shape index (κ1) is 20.8. The van der Waals surface area contributed by atoms with E-state index in [1.54, 1.807) is 22.6 Å². The third-order valence-corrected chi connectivity index (χ3v) is 7.15. The van der Waals surface area contributed by atoms with Crippen molar-refractivity contribution in [1.82, 2.24) is 15.3 Å². The summed E-state index contributed by atoms with van der Waals surface area (Å²) in [6, 6.07) is 12.2. The maximum absolute atomic E-state index is 12.7. The van der Waals surface area contributed by atoms with Crippen LogP contribution in [0.15, 0.2) is 48.1 Å². The van der Waals surface area contributed by atoms with E-state index >= 15 is 0 Å².